The van der Waals surface area contributed by atoms with E-state index in [-0.39, 0.29) is 5.92 Å². The third-order valence-electron chi connectivity index (χ3n) is 7.01. The van der Waals surface area contributed by atoms with Crippen LogP contribution in [0, 0.1) is 34.5 Å². The molecule has 3 fully saturated rings. The third-order valence-corrected chi connectivity index (χ3v) is 7.01. The van der Waals surface area contributed by atoms with E-state index >= 15 is 0 Å². The first kappa shape index (κ1) is 10.8. The highest BCUT2D eigenvalue weighted by Gasteiger charge is 2.68. The molecule has 3 saturated carbocycles. The first-order valence-corrected chi connectivity index (χ1v) is 6.99. The Morgan fingerprint density at radius 3 is 2.56 bits per heavy atom. The van der Waals surface area contributed by atoms with Gasteiger partial charge in [-0.05, 0) is 60.7 Å². The van der Waals surface area contributed by atoms with E-state index in [1.807, 2.05) is 0 Å². The van der Waals surface area contributed by atoms with E-state index in [1.165, 1.54) is 38.4 Å². The normalized spacial score (nSPS) is 56.3. The molecule has 0 radical (unpaired) electrons. The van der Waals surface area contributed by atoms with Gasteiger partial charge in [0, 0.05) is 5.92 Å². The van der Waals surface area contributed by atoms with E-state index in [0.29, 0.717) is 16.7 Å². The lowest BCUT2D eigenvalue weighted by Crippen LogP contribution is -2.44. The number of rotatable bonds is 2. The van der Waals surface area contributed by atoms with Gasteiger partial charge in [-0.15, -0.1) is 0 Å². The fraction of sp³-hybridized carbons (Fsp3) is 0.933. The summed E-state index contributed by atoms with van der Waals surface area (Å²) in [6, 6.07) is 0. The average Bonchev–Trinajstić information content (AvgIpc) is 2.88. The Kier molecular flexibility index (Phi) is 2.10. The molecule has 1 heteroatoms. The van der Waals surface area contributed by atoms with Gasteiger partial charge in [-0.2, -0.15) is 0 Å². The summed E-state index contributed by atoms with van der Waals surface area (Å²) >= 11 is 0. The van der Waals surface area contributed by atoms with Crippen molar-refractivity contribution < 1.29 is 4.79 Å². The molecule has 90 valence electrons. The summed E-state index contributed by atoms with van der Waals surface area (Å²) in [4.78, 5) is 11.1. The molecule has 0 aromatic rings. The minimum absolute atomic E-state index is 0.270. The maximum absolute atomic E-state index is 11.1. The number of hydrogen-bond acceptors (Lipinski definition) is 1. The lowest BCUT2D eigenvalue weighted by Gasteiger charge is -2.49. The Hall–Kier alpha value is -0.330. The highest BCUT2D eigenvalue weighted by Crippen LogP contribution is 2.75. The highest BCUT2D eigenvalue weighted by atomic mass is 16.1. The molecule has 0 saturated heterocycles. The Bertz CT molecular complexity index is 323. The van der Waals surface area contributed by atoms with Crippen molar-refractivity contribution >= 4 is 6.29 Å². The Morgan fingerprint density at radius 2 is 1.88 bits per heavy atom. The minimum atomic E-state index is 0.270. The van der Waals surface area contributed by atoms with E-state index in [9.17, 15) is 4.79 Å². The molecule has 0 aromatic carbocycles. The first-order valence-electron chi connectivity index (χ1n) is 6.99. The summed E-state index contributed by atoms with van der Waals surface area (Å²) in [6.45, 7) is 7.17. The maximum Gasteiger partial charge on any atom is 0.123 e. The monoisotopic (exact) mass is 220 g/mol. The predicted octanol–water partition coefficient (Wildman–Crippen LogP) is 3.67. The standard InChI is InChI=1S/C15H24O/c1-10(9-16)13-6-7-14(2)11-4-5-12(8-11)15(13,14)3/h9-13H,4-8H2,1-3H3/t10-,11+,12-,13-,14-,15-/m1/s1. The van der Waals surface area contributed by atoms with E-state index in [0.717, 1.165) is 11.8 Å². The number of carbonyl (C=O) groups excluding carboxylic acids is 1. The molecule has 3 aliphatic rings. The van der Waals surface area contributed by atoms with Crippen LogP contribution in [0.15, 0.2) is 0 Å². The second-order valence-corrected chi connectivity index (χ2v) is 7.05. The number of fused-ring (bicyclic) bond motifs is 5. The molecule has 0 spiro atoms. The molecule has 3 aliphatic carbocycles. The summed E-state index contributed by atoms with van der Waals surface area (Å²) in [5.41, 5.74) is 1.02. The van der Waals surface area contributed by atoms with Crippen LogP contribution >= 0.6 is 0 Å². The lowest BCUT2D eigenvalue weighted by molar-refractivity contribution is -0.115. The van der Waals surface area contributed by atoms with Crippen molar-refractivity contribution in [2.24, 2.45) is 34.5 Å². The zero-order valence-electron chi connectivity index (χ0n) is 10.8. The van der Waals surface area contributed by atoms with Gasteiger partial charge in [-0.1, -0.05) is 20.8 Å². The molecule has 0 heterocycles. The van der Waals surface area contributed by atoms with Crippen LogP contribution in [0.2, 0.25) is 0 Å². The molecule has 0 unspecified atom stereocenters. The molecule has 0 N–H and O–H groups in total. The summed E-state index contributed by atoms with van der Waals surface area (Å²) in [5.74, 6) is 2.81. The van der Waals surface area contributed by atoms with Crippen LogP contribution in [-0.4, -0.2) is 6.29 Å². The number of carbonyl (C=O) groups is 1. The van der Waals surface area contributed by atoms with Crippen molar-refractivity contribution in [3.05, 3.63) is 0 Å². The van der Waals surface area contributed by atoms with Crippen molar-refractivity contribution in [3.8, 4) is 0 Å². The van der Waals surface area contributed by atoms with Crippen molar-refractivity contribution in [2.75, 3.05) is 0 Å². The van der Waals surface area contributed by atoms with Crippen molar-refractivity contribution in [1.29, 1.82) is 0 Å². The van der Waals surface area contributed by atoms with Gasteiger partial charge >= 0.3 is 0 Å². The number of aldehydes is 1. The summed E-state index contributed by atoms with van der Waals surface area (Å²) in [6.07, 6.45) is 8.20. The van der Waals surface area contributed by atoms with Crippen LogP contribution in [0.4, 0.5) is 0 Å². The van der Waals surface area contributed by atoms with Gasteiger partial charge in [0.05, 0.1) is 0 Å². The van der Waals surface area contributed by atoms with Gasteiger partial charge in [0.1, 0.15) is 6.29 Å². The van der Waals surface area contributed by atoms with Gasteiger partial charge in [0.2, 0.25) is 0 Å². The van der Waals surface area contributed by atoms with Crippen molar-refractivity contribution in [1.82, 2.24) is 0 Å². The quantitative estimate of drug-likeness (QED) is 0.649. The SMILES string of the molecule is C[C@H](C=O)[C@H]1CC[C@]2(C)[C@H]3CC[C@H](C3)[C@]12C. The van der Waals surface area contributed by atoms with Gasteiger partial charge in [0.25, 0.3) is 0 Å². The predicted molar refractivity (Wildman–Crippen MR) is 65.0 cm³/mol. The van der Waals surface area contributed by atoms with Gasteiger partial charge in [-0.3, -0.25) is 0 Å². The van der Waals surface area contributed by atoms with E-state index < -0.39 is 0 Å². The molecule has 6 atom stereocenters. The van der Waals surface area contributed by atoms with Crippen LogP contribution in [0.5, 0.6) is 0 Å². The Balaban J connectivity index is 2.00. The van der Waals surface area contributed by atoms with Gasteiger partial charge < -0.3 is 4.79 Å². The molecule has 16 heavy (non-hydrogen) atoms. The highest BCUT2D eigenvalue weighted by molar-refractivity contribution is 5.54. The Labute approximate surface area is 99.0 Å². The molecule has 1 nitrogen and oxygen atoms in total. The third kappa shape index (κ3) is 0.966. The van der Waals surface area contributed by atoms with Crippen LogP contribution in [-0.2, 0) is 4.79 Å². The van der Waals surface area contributed by atoms with E-state index in [4.69, 9.17) is 0 Å². The second-order valence-electron chi connectivity index (χ2n) is 7.05. The Morgan fingerprint density at radius 1 is 1.19 bits per heavy atom. The topological polar surface area (TPSA) is 17.1 Å². The molecule has 0 aromatic heterocycles. The molecule has 0 aliphatic heterocycles. The van der Waals surface area contributed by atoms with Crippen LogP contribution in [0.3, 0.4) is 0 Å². The maximum atomic E-state index is 11.1. The minimum Gasteiger partial charge on any atom is -0.303 e. The van der Waals surface area contributed by atoms with Crippen molar-refractivity contribution in [2.45, 2.75) is 52.9 Å². The smallest absolute Gasteiger partial charge is 0.123 e. The molecular weight excluding hydrogens is 196 g/mol. The van der Waals surface area contributed by atoms with Crippen LogP contribution in [0.1, 0.15) is 52.9 Å². The average molecular weight is 220 g/mol. The molecular formula is C15H24O. The molecule has 3 rings (SSSR count). The van der Waals surface area contributed by atoms with E-state index in [2.05, 4.69) is 20.8 Å². The van der Waals surface area contributed by atoms with Crippen LogP contribution in [0.25, 0.3) is 0 Å². The van der Waals surface area contributed by atoms with Gasteiger partial charge in [-0.25, -0.2) is 0 Å². The van der Waals surface area contributed by atoms with Crippen LogP contribution < -0.4 is 0 Å². The first-order chi connectivity index (χ1) is 7.54. The second kappa shape index (κ2) is 3.11. The largest absolute Gasteiger partial charge is 0.303 e. The summed E-state index contributed by atoms with van der Waals surface area (Å²) in [5, 5.41) is 0. The van der Waals surface area contributed by atoms with Gasteiger partial charge in [0.15, 0.2) is 0 Å². The number of hydrogen-bond donors (Lipinski definition) is 0. The zero-order valence-corrected chi connectivity index (χ0v) is 10.8. The fourth-order valence-electron chi connectivity index (χ4n) is 5.87. The van der Waals surface area contributed by atoms with E-state index in [1.54, 1.807) is 0 Å². The zero-order chi connectivity index (χ0) is 11.6. The summed E-state index contributed by atoms with van der Waals surface area (Å²) < 4.78 is 0. The summed E-state index contributed by atoms with van der Waals surface area (Å²) in [7, 11) is 0. The fourth-order valence-corrected chi connectivity index (χ4v) is 5.87. The molecule has 0 amide bonds. The van der Waals surface area contributed by atoms with Crippen molar-refractivity contribution in [3.63, 3.8) is 0 Å². The lowest BCUT2D eigenvalue weighted by atomic mass is 9.55. The molecule has 2 bridgehead atoms.